The first kappa shape index (κ1) is 44.7. The normalized spacial score (nSPS) is 41.3. The largest absolute Gasteiger partial charge is 0.396 e. The Kier molecular flexibility index (Phi) is 13.8. The first-order valence-corrected chi connectivity index (χ1v) is 22.3. The van der Waals surface area contributed by atoms with Gasteiger partial charge >= 0.3 is 0 Å². The van der Waals surface area contributed by atoms with Crippen LogP contribution in [0.5, 0.6) is 0 Å². The van der Waals surface area contributed by atoms with E-state index in [1.165, 1.54) is 19.3 Å². The summed E-state index contributed by atoms with van der Waals surface area (Å²) in [6.07, 6.45) is 8.83. The van der Waals surface area contributed by atoms with Gasteiger partial charge in [0.15, 0.2) is 5.78 Å². The van der Waals surface area contributed by atoms with Crippen LogP contribution in [-0.4, -0.2) is 109 Å². The van der Waals surface area contributed by atoms with Crippen LogP contribution < -0.4 is 16.4 Å². The van der Waals surface area contributed by atoms with E-state index < -0.39 is 64.4 Å². The zero-order valence-corrected chi connectivity index (χ0v) is 35.3. The van der Waals surface area contributed by atoms with Gasteiger partial charge in [0.2, 0.25) is 0 Å². The lowest BCUT2D eigenvalue weighted by atomic mass is 9.43. The zero-order valence-electron chi connectivity index (χ0n) is 35.3. The van der Waals surface area contributed by atoms with Gasteiger partial charge in [0.05, 0.1) is 54.1 Å². The van der Waals surface area contributed by atoms with Crippen molar-refractivity contribution >= 4 is 5.78 Å². The van der Waals surface area contributed by atoms with Crippen LogP contribution in [0.3, 0.4) is 0 Å². The zero-order chi connectivity index (χ0) is 41.5. The van der Waals surface area contributed by atoms with Crippen LogP contribution in [0.2, 0.25) is 0 Å². The number of unbranched alkanes of at least 4 members (excludes halogenated alkanes) is 3. The number of aliphatic hydroxyl groups is 7. The lowest BCUT2D eigenvalue weighted by molar-refractivity contribution is -0.196. The van der Waals surface area contributed by atoms with Gasteiger partial charge in [0.1, 0.15) is 6.10 Å². The Morgan fingerprint density at radius 1 is 1.09 bits per heavy atom. The smallest absolute Gasteiger partial charge is 0.182 e. The Balaban J connectivity index is 1.36. The van der Waals surface area contributed by atoms with Crippen molar-refractivity contribution in [3.05, 3.63) is 34.7 Å². The van der Waals surface area contributed by atoms with E-state index >= 15 is 4.79 Å². The molecule has 2 aliphatic heterocycles. The number of ether oxygens (including phenoxy) is 1. The summed E-state index contributed by atoms with van der Waals surface area (Å²) in [4.78, 5) is 15.1. The predicted molar refractivity (Wildman–Crippen MR) is 218 cm³/mol. The molecule has 4 aliphatic carbocycles. The second-order valence-corrected chi connectivity index (χ2v) is 19.5. The summed E-state index contributed by atoms with van der Waals surface area (Å²) in [5.74, 6) is -1.39. The Hall–Kier alpha value is -1.87. The average Bonchev–Trinajstić information content (AvgIpc) is 3.67. The summed E-state index contributed by atoms with van der Waals surface area (Å²) in [6, 6.07) is 0. The highest BCUT2D eigenvalue weighted by molar-refractivity contribution is 6.00. The number of rotatable bonds is 17. The highest BCUT2D eigenvalue weighted by atomic mass is 16.5. The molecule has 15 unspecified atom stereocenters. The number of carbonyl (C=O) groups excluding carboxylic acids is 1. The topological polar surface area (TPSA) is 218 Å². The first-order chi connectivity index (χ1) is 27.0. The standard InChI is InChI=1S/C45H75N3O9/c1-6-7-8-9-11-29-25-57-40(27(29)3)41(54)43(5,55)35-17-20-45(56)37-30(16-18-42(35,45)4)44(19-15-28-13-14-36(46)48-32(28)12-10-21-49)23-34(52)33(51)22-31(44)39(53)38(37)47-24-26(2)50/h13-14,26-27,29-31,33-36,40-41,47-52,54-56H,6-12,15-25,46H2,1-5H3. The number of allylic oxidation sites excluding steroid dienone is 4. The van der Waals surface area contributed by atoms with E-state index in [4.69, 9.17) is 10.5 Å². The van der Waals surface area contributed by atoms with Crippen molar-refractivity contribution in [2.75, 3.05) is 19.8 Å². The molecule has 324 valence electrons. The molecule has 0 radical (unpaired) electrons. The van der Waals surface area contributed by atoms with E-state index in [-0.39, 0.29) is 61.9 Å². The van der Waals surface area contributed by atoms with Gasteiger partial charge < -0.3 is 56.8 Å². The van der Waals surface area contributed by atoms with Gasteiger partial charge in [-0.15, -0.1) is 0 Å². The molecule has 57 heavy (non-hydrogen) atoms. The first-order valence-electron chi connectivity index (χ1n) is 22.3. The quantitative estimate of drug-likeness (QED) is 0.0958. The Morgan fingerprint density at radius 2 is 1.84 bits per heavy atom. The lowest BCUT2D eigenvalue weighted by Gasteiger charge is -2.62. The number of nitrogens with two attached hydrogens (primary N) is 1. The molecule has 3 saturated carbocycles. The van der Waals surface area contributed by atoms with E-state index in [0.717, 1.165) is 24.1 Å². The lowest BCUT2D eigenvalue weighted by Crippen LogP contribution is -2.65. The summed E-state index contributed by atoms with van der Waals surface area (Å²) >= 11 is 0. The summed E-state index contributed by atoms with van der Waals surface area (Å²) in [5, 5.41) is 87.3. The molecule has 12 nitrogen and oxygen atoms in total. The number of ketones is 1. The molecule has 6 aliphatic rings. The SMILES string of the molecule is CCCCCCC1COC(C(O)C(C)(O)C2CCC3(O)C4=C(NCC(C)O)C(=O)C5CC(O)C(O)CC5(CCC5=C(CCCO)NC(N)C=C5)C4CCC23C)C1C. The van der Waals surface area contributed by atoms with Crippen LogP contribution >= 0.6 is 0 Å². The highest BCUT2D eigenvalue weighted by Gasteiger charge is 2.71. The number of aliphatic hydroxyl groups excluding tert-OH is 5. The summed E-state index contributed by atoms with van der Waals surface area (Å²) < 4.78 is 6.27. The van der Waals surface area contributed by atoms with Gasteiger partial charge in [-0.2, -0.15) is 0 Å². The van der Waals surface area contributed by atoms with Gasteiger partial charge in [-0.3, -0.25) is 4.79 Å². The molecule has 1 saturated heterocycles. The van der Waals surface area contributed by atoms with Crippen LogP contribution in [0.4, 0.5) is 0 Å². The fraction of sp³-hybridized carbons (Fsp3) is 0.844. The van der Waals surface area contributed by atoms with Crippen LogP contribution in [0.15, 0.2) is 34.7 Å². The van der Waals surface area contributed by atoms with E-state index in [2.05, 4.69) is 24.5 Å². The van der Waals surface area contributed by atoms with Gasteiger partial charge in [-0.1, -0.05) is 52.5 Å². The van der Waals surface area contributed by atoms with E-state index in [1.54, 1.807) is 13.8 Å². The Labute approximate surface area is 340 Å². The fourth-order valence-electron chi connectivity index (χ4n) is 12.7. The number of nitrogens with one attached hydrogen (secondary N) is 2. The number of dihydropyridines is 1. The van der Waals surface area contributed by atoms with Gasteiger partial charge in [-0.25, -0.2) is 0 Å². The van der Waals surface area contributed by atoms with Crippen LogP contribution in [0.1, 0.15) is 131 Å². The van der Waals surface area contributed by atoms with Crippen molar-refractivity contribution in [1.82, 2.24) is 10.6 Å². The molecule has 0 aromatic rings. The molecule has 4 fully saturated rings. The number of hydrogen-bond acceptors (Lipinski definition) is 12. The molecule has 2 heterocycles. The van der Waals surface area contributed by atoms with Gasteiger partial charge in [0, 0.05) is 30.2 Å². The maximum absolute atomic E-state index is 15.1. The number of hydrogen-bond donors (Lipinski definition) is 10. The summed E-state index contributed by atoms with van der Waals surface area (Å²) in [5.41, 5.74) is 4.15. The van der Waals surface area contributed by atoms with Crippen molar-refractivity contribution in [2.24, 2.45) is 46.2 Å². The van der Waals surface area contributed by atoms with Crippen LogP contribution in [0.25, 0.3) is 0 Å². The monoisotopic (exact) mass is 802 g/mol. The second kappa shape index (κ2) is 17.6. The van der Waals surface area contributed by atoms with Gasteiger partial charge in [0.25, 0.3) is 0 Å². The van der Waals surface area contributed by atoms with Crippen molar-refractivity contribution in [3.8, 4) is 0 Å². The third-order valence-corrected chi connectivity index (χ3v) is 16.0. The fourth-order valence-corrected chi connectivity index (χ4v) is 12.7. The average molecular weight is 802 g/mol. The molecular formula is C45H75N3O9. The third-order valence-electron chi connectivity index (χ3n) is 16.0. The number of Topliss-reactive ketones (excluding diaryl/α,β-unsaturated/α-hetero) is 1. The molecule has 0 amide bonds. The minimum absolute atomic E-state index is 0.0368. The minimum atomic E-state index is -1.61. The van der Waals surface area contributed by atoms with Crippen molar-refractivity contribution < 1.29 is 45.3 Å². The maximum atomic E-state index is 15.1. The summed E-state index contributed by atoms with van der Waals surface area (Å²) in [7, 11) is 0. The molecule has 15 atom stereocenters. The van der Waals surface area contributed by atoms with Crippen molar-refractivity contribution in [1.29, 1.82) is 0 Å². The number of fused-ring (bicyclic) bond motifs is 5. The highest BCUT2D eigenvalue weighted by Crippen LogP contribution is 2.70. The maximum Gasteiger partial charge on any atom is 0.182 e. The molecule has 6 rings (SSSR count). The molecule has 0 bridgehead atoms. The molecule has 0 aromatic heterocycles. The Morgan fingerprint density at radius 3 is 2.54 bits per heavy atom. The molecule has 0 aromatic carbocycles. The third kappa shape index (κ3) is 8.06. The van der Waals surface area contributed by atoms with Crippen LogP contribution in [0, 0.1) is 40.4 Å². The summed E-state index contributed by atoms with van der Waals surface area (Å²) in [6.45, 7) is 10.3. The predicted octanol–water partition coefficient (Wildman–Crippen LogP) is 3.45. The minimum Gasteiger partial charge on any atom is -0.396 e. The molecular weight excluding hydrogens is 727 g/mol. The molecule has 0 spiro atoms. The Bertz CT molecular complexity index is 1530. The molecule has 12 heteroatoms. The van der Waals surface area contributed by atoms with Gasteiger partial charge in [-0.05, 0) is 131 Å². The van der Waals surface area contributed by atoms with Crippen molar-refractivity contribution in [2.45, 2.75) is 179 Å². The second-order valence-electron chi connectivity index (χ2n) is 19.5. The number of carbonyl (C=O) groups is 1. The van der Waals surface area contributed by atoms with Crippen LogP contribution in [-0.2, 0) is 9.53 Å². The van der Waals surface area contributed by atoms with E-state index in [1.807, 2.05) is 19.1 Å². The van der Waals surface area contributed by atoms with E-state index in [0.29, 0.717) is 63.0 Å². The molecule has 11 N–H and O–H groups in total. The van der Waals surface area contributed by atoms with Crippen molar-refractivity contribution in [3.63, 3.8) is 0 Å². The van der Waals surface area contributed by atoms with E-state index in [9.17, 15) is 35.7 Å².